The fraction of sp³-hybridized carbons (Fsp3) is 1.00. The summed E-state index contributed by atoms with van der Waals surface area (Å²) in [4.78, 5) is 0. The predicted molar refractivity (Wildman–Crippen MR) is 223 cm³/mol. The summed E-state index contributed by atoms with van der Waals surface area (Å²) in [5.41, 5.74) is 0. The van der Waals surface area contributed by atoms with Crippen LogP contribution in [0.15, 0.2) is 0 Å². The van der Waals surface area contributed by atoms with E-state index < -0.39 is 0 Å². The van der Waals surface area contributed by atoms with Gasteiger partial charge in [-0.3, -0.25) is 0 Å². The molecule has 0 aromatic rings. The van der Waals surface area contributed by atoms with Crippen molar-refractivity contribution in [3.63, 3.8) is 0 Å². The molecule has 8 heteroatoms. The molecular formula is C45H92O8. The Morgan fingerprint density at radius 2 is 0.283 bits per heavy atom. The molecule has 0 amide bonds. The SMILES string of the molecule is CCCCCCCCCCCCCCCCOCCOCCOCCOCCOCCOCCOCCOCCCCCCCCCCCCCCC. The van der Waals surface area contributed by atoms with Crippen LogP contribution in [0.3, 0.4) is 0 Å². The average molecular weight is 761 g/mol. The van der Waals surface area contributed by atoms with Crippen LogP contribution in [-0.2, 0) is 37.9 Å². The normalized spacial score (nSPS) is 11.7. The third-order valence-electron chi connectivity index (χ3n) is 9.64. The molecule has 8 nitrogen and oxygen atoms in total. The highest BCUT2D eigenvalue weighted by Crippen LogP contribution is 2.14. The van der Waals surface area contributed by atoms with Gasteiger partial charge in [0.25, 0.3) is 0 Å². The molecule has 0 saturated carbocycles. The summed E-state index contributed by atoms with van der Waals surface area (Å²) in [6.45, 7) is 14.5. The quantitative estimate of drug-likeness (QED) is 0.0568. The molecule has 0 heterocycles. The van der Waals surface area contributed by atoms with Gasteiger partial charge in [0.15, 0.2) is 0 Å². The third kappa shape index (κ3) is 51.7. The zero-order chi connectivity index (χ0) is 38.1. The Morgan fingerprint density at radius 1 is 0.151 bits per heavy atom. The molecule has 0 aromatic heterocycles. The molecule has 0 atom stereocenters. The highest BCUT2D eigenvalue weighted by molar-refractivity contribution is 4.51. The minimum absolute atomic E-state index is 0.554. The highest BCUT2D eigenvalue weighted by Gasteiger charge is 1.98. The van der Waals surface area contributed by atoms with E-state index in [4.69, 9.17) is 37.9 Å². The molecule has 0 bridgehead atoms. The van der Waals surface area contributed by atoms with Crippen molar-refractivity contribution in [3.05, 3.63) is 0 Å². The van der Waals surface area contributed by atoms with Gasteiger partial charge in [-0.25, -0.2) is 0 Å². The second-order valence-electron chi connectivity index (χ2n) is 14.7. The van der Waals surface area contributed by atoms with Crippen LogP contribution in [0.2, 0.25) is 0 Å². The topological polar surface area (TPSA) is 73.8 Å². The maximum absolute atomic E-state index is 5.69. The molecule has 0 aliphatic heterocycles. The van der Waals surface area contributed by atoms with Crippen LogP contribution in [0.4, 0.5) is 0 Å². The van der Waals surface area contributed by atoms with Crippen molar-refractivity contribution in [2.24, 2.45) is 0 Å². The second-order valence-corrected chi connectivity index (χ2v) is 14.7. The molecule has 0 unspecified atom stereocenters. The molecule has 53 heavy (non-hydrogen) atoms. The van der Waals surface area contributed by atoms with Crippen LogP contribution in [-0.4, -0.2) is 106 Å². The minimum atomic E-state index is 0.554. The molecule has 0 aliphatic rings. The summed E-state index contributed by atoms with van der Waals surface area (Å²) in [5.74, 6) is 0. The van der Waals surface area contributed by atoms with E-state index in [9.17, 15) is 0 Å². The summed E-state index contributed by atoms with van der Waals surface area (Å²) in [6.07, 6.45) is 37.2. The summed E-state index contributed by atoms with van der Waals surface area (Å²) in [5, 5.41) is 0. The van der Waals surface area contributed by atoms with Crippen molar-refractivity contribution >= 4 is 0 Å². The van der Waals surface area contributed by atoms with Crippen LogP contribution >= 0.6 is 0 Å². The Bertz CT molecular complexity index is 561. The first-order valence-corrected chi connectivity index (χ1v) is 23.0. The molecule has 320 valence electrons. The van der Waals surface area contributed by atoms with Crippen LogP contribution in [0.5, 0.6) is 0 Å². The lowest BCUT2D eigenvalue weighted by Gasteiger charge is -2.09. The lowest BCUT2D eigenvalue weighted by molar-refractivity contribution is -0.0232. The second kappa shape index (κ2) is 51.7. The van der Waals surface area contributed by atoms with Gasteiger partial charge in [0.1, 0.15) is 0 Å². The smallest absolute Gasteiger partial charge is 0.0701 e. The molecule has 0 aliphatic carbocycles. The average Bonchev–Trinajstić information content (AvgIpc) is 3.17. The van der Waals surface area contributed by atoms with E-state index in [1.165, 1.54) is 161 Å². The molecule has 0 rings (SSSR count). The summed E-state index contributed by atoms with van der Waals surface area (Å²) in [6, 6.07) is 0. The molecule has 0 fully saturated rings. The van der Waals surface area contributed by atoms with Gasteiger partial charge >= 0.3 is 0 Å². The van der Waals surface area contributed by atoms with Crippen molar-refractivity contribution in [2.75, 3.05) is 106 Å². The van der Waals surface area contributed by atoms with Gasteiger partial charge in [-0.05, 0) is 12.8 Å². The van der Waals surface area contributed by atoms with Crippen molar-refractivity contribution in [1.29, 1.82) is 0 Å². The first-order valence-electron chi connectivity index (χ1n) is 23.0. The fourth-order valence-corrected chi connectivity index (χ4v) is 6.26. The number of hydrogen-bond donors (Lipinski definition) is 0. The van der Waals surface area contributed by atoms with Crippen LogP contribution in [0.25, 0.3) is 0 Å². The minimum Gasteiger partial charge on any atom is -0.379 e. The van der Waals surface area contributed by atoms with Crippen LogP contribution in [0, 0.1) is 0 Å². The molecule has 0 spiro atoms. The van der Waals surface area contributed by atoms with Gasteiger partial charge < -0.3 is 37.9 Å². The molecule has 0 N–H and O–H groups in total. The van der Waals surface area contributed by atoms with Crippen molar-refractivity contribution in [1.82, 2.24) is 0 Å². The number of unbranched alkanes of at least 4 members (excludes halogenated alkanes) is 25. The standard InChI is InChI=1S/C45H92O8/c1-3-5-7-9-11-13-15-17-19-21-23-25-27-29-31-47-33-35-49-37-39-51-41-43-53-45-44-52-42-40-50-38-36-48-34-32-46-30-28-26-24-22-20-18-16-14-12-10-8-6-4-2/h3-45H2,1-2H3. The zero-order valence-corrected chi connectivity index (χ0v) is 35.7. The molecule has 0 aromatic carbocycles. The van der Waals surface area contributed by atoms with Crippen LogP contribution < -0.4 is 0 Å². The third-order valence-corrected chi connectivity index (χ3v) is 9.64. The number of rotatable bonds is 50. The number of ether oxygens (including phenoxy) is 8. The molecule has 0 saturated heterocycles. The summed E-state index contributed by atoms with van der Waals surface area (Å²) in [7, 11) is 0. The Morgan fingerprint density at radius 3 is 0.453 bits per heavy atom. The van der Waals surface area contributed by atoms with Gasteiger partial charge in [-0.1, -0.05) is 174 Å². The van der Waals surface area contributed by atoms with E-state index >= 15 is 0 Å². The Kier molecular flexibility index (Phi) is 51.4. The first-order chi connectivity index (χ1) is 26.4. The van der Waals surface area contributed by atoms with Gasteiger partial charge in [-0.2, -0.15) is 0 Å². The Labute approximate surface area is 330 Å². The van der Waals surface area contributed by atoms with Crippen molar-refractivity contribution in [3.8, 4) is 0 Å². The van der Waals surface area contributed by atoms with E-state index in [0.29, 0.717) is 92.5 Å². The zero-order valence-electron chi connectivity index (χ0n) is 35.7. The monoisotopic (exact) mass is 761 g/mol. The molecular weight excluding hydrogens is 668 g/mol. The number of hydrogen-bond acceptors (Lipinski definition) is 8. The van der Waals surface area contributed by atoms with Crippen molar-refractivity contribution in [2.45, 2.75) is 187 Å². The van der Waals surface area contributed by atoms with Gasteiger partial charge in [0.05, 0.1) is 92.5 Å². The highest BCUT2D eigenvalue weighted by atomic mass is 16.6. The lowest BCUT2D eigenvalue weighted by atomic mass is 10.0. The molecule has 0 radical (unpaired) electrons. The lowest BCUT2D eigenvalue weighted by Crippen LogP contribution is -2.15. The van der Waals surface area contributed by atoms with E-state index in [2.05, 4.69) is 13.8 Å². The summed E-state index contributed by atoms with van der Waals surface area (Å²) >= 11 is 0. The fourth-order valence-electron chi connectivity index (χ4n) is 6.26. The van der Waals surface area contributed by atoms with Crippen LogP contribution in [0.1, 0.15) is 187 Å². The van der Waals surface area contributed by atoms with E-state index in [-0.39, 0.29) is 0 Å². The largest absolute Gasteiger partial charge is 0.379 e. The van der Waals surface area contributed by atoms with E-state index in [1.807, 2.05) is 0 Å². The maximum atomic E-state index is 5.69. The predicted octanol–water partition coefficient (Wildman–Crippen LogP) is 11.7. The maximum Gasteiger partial charge on any atom is 0.0701 e. The van der Waals surface area contributed by atoms with Gasteiger partial charge in [0.2, 0.25) is 0 Å². The summed E-state index contributed by atoms with van der Waals surface area (Å²) < 4.78 is 44.8. The van der Waals surface area contributed by atoms with Crippen molar-refractivity contribution < 1.29 is 37.9 Å². The Hall–Kier alpha value is -0.320. The van der Waals surface area contributed by atoms with Gasteiger partial charge in [-0.15, -0.1) is 0 Å². The first kappa shape index (κ1) is 52.7. The van der Waals surface area contributed by atoms with E-state index in [1.54, 1.807) is 0 Å². The van der Waals surface area contributed by atoms with Gasteiger partial charge in [0, 0.05) is 13.2 Å². The van der Waals surface area contributed by atoms with E-state index in [0.717, 1.165) is 26.1 Å². The Balaban J connectivity index is 3.05.